The molecule has 6 nitrogen and oxygen atoms in total. The molecule has 3 rings (SSSR count). The minimum absolute atomic E-state index is 0.324. The van der Waals surface area contributed by atoms with E-state index in [-0.39, 0.29) is 0 Å². The van der Waals surface area contributed by atoms with Crippen molar-refractivity contribution in [3.63, 3.8) is 0 Å². The summed E-state index contributed by atoms with van der Waals surface area (Å²) in [6.45, 7) is 2.45. The van der Waals surface area contributed by atoms with Crippen LogP contribution in [0.1, 0.15) is 0 Å². The lowest BCUT2D eigenvalue weighted by molar-refractivity contribution is 0.122. The molecule has 1 fully saturated rings. The van der Waals surface area contributed by atoms with Crippen LogP contribution in [0.2, 0.25) is 0 Å². The number of halogens is 1. The average molecular weight is 249 g/mol. The Morgan fingerprint density at radius 3 is 2.83 bits per heavy atom. The van der Waals surface area contributed by atoms with Crippen LogP contribution in [-0.4, -0.2) is 46.5 Å². The summed E-state index contributed by atoms with van der Waals surface area (Å²) < 4.78 is 19.0. The first-order chi connectivity index (χ1) is 8.84. The number of hydrogen-bond acceptors (Lipinski definition) is 5. The number of nitrogens with zero attached hydrogens (tertiary/aromatic N) is 4. The van der Waals surface area contributed by atoms with Gasteiger partial charge in [0.1, 0.15) is 0 Å². The van der Waals surface area contributed by atoms with Gasteiger partial charge in [-0.25, -0.2) is 14.4 Å². The van der Waals surface area contributed by atoms with Crippen molar-refractivity contribution >= 4 is 5.82 Å². The fourth-order valence-electron chi connectivity index (χ4n) is 1.87. The molecular formula is C11H12FN5O. The summed E-state index contributed by atoms with van der Waals surface area (Å²) in [6, 6.07) is 0. The molecule has 3 heterocycles. The van der Waals surface area contributed by atoms with E-state index in [9.17, 15) is 4.39 Å². The molecular weight excluding hydrogens is 237 g/mol. The zero-order valence-corrected chi connectivity index (χ0v) is 9.64. The third-order valence-electron chi connectivity index (χ3n) is 2.79. The van der Waals surface area contributed by atoms with Gasteiger partial charge in [0.25, 0.3) is 0 Å². The maximum Gasteiger partial charge on any atom is 0.183 e. The molecule has 2 aromatic heterocycles. The number of anilines is 1. The molecule has 1 aliphatic heterocycles. The van der Waals surface area contributed by atoms with Gasteiger partial charge in [0, 0.05) is 19.3 Å². The monoisotopic (exact) mass is 249 g/mol. The molecule has 0 unspecified atom stereocenters. The van der Waals surface area contributed by atoms with Gasteiger partial charge in [-0.05, 0) is 0 Å². The molecule has 2 aromatic rings. The number of aromatic amines is 1. The predicted octanol–water partition coefficient (Wildman–Crippen LogP) is 0.842. The van der Waals surface area contributed by atoms with Gasteiger partial charge in [-0.15, -0.1) is 0 Å². The highest BCUT2D eigenvalue weighted by Crippen LogP contribution is 2.21. The Labute approximate surface area is 103 Å². The summed E-state index contributed by atoms with van der Waals surface area (Å²) in [7, 11) is 0. The van der Waals surface area contributed by atoms with Crippen molar-refractivity contribution in [3.05, 3.63) is 24.4 Å². The van der Waals surface area contributed by atoms with Crippen LogP contribution >= 0.6 is 0 Å². The number of nitrogens with one attached hydrogen (secondary N) is 1. The zero-order valence-electron chi connectivity index (χ0n) is 9.64. The average Bonchev–Trinajstić information content (AvgIpc) is 2.94. The third kappa shape index (κ3) is 2.04. The number of morpholine rings is 1. The molecule has 0 atom stereocenters. The number of hydrogen-bond donors (Lipinski definition) is 1. The Morgan fingerprint density at radius 1 is 1.28 bits per heavy atom. The number of H-pyrrole nitrogens is 1. The fourth-order valence-corrected chi connectivity index (χ4v) is 1.87. The molecule has 18 heavy (non-hydrogen) atoms. The van der Waals surface area contributed by atoms with Crippen LogP contribution in [0.5, 0.6) is 0 Å². The smallest absolute Gasteiger partial charge is 0.183 e. The summed E-state index contributed by atoms with van der Waals surface area (Å²) in [6.07, 6.45) is 4.48. The van der Waals surface area contributed by atoms with Gasteiger partial charge >= 0.3 is 0 Å². The van der Waals surface area contributed by atoms with Crippen LogP contribution < -0.4 is 4.90 Å². The zero-order chi connectivity index (χ0) is 12.4. The van der Waals surface area contributed by atoms with Crippen LogP contribution in [0.3, 0.4) is 0 Å². The maximum atomic E-state index is 13.8. The first-order valence-corrected chi connectivity index (χ1v) is 5.69. The van der Waals surface area contributed by atoms with Gasteiger partial charge in [-0.3, -0.25) is 5.10 Å². The SMILES string of the molecule is Fc1cnc(-c2cn[nH]c2)nc1N1CCOCC1. The van der Waals surface area contributed by atoms with Crippen molar-refractivity contribution in [2.24, 2.45) is 0 Å². The molecule has 1 N–H and O–H groups in total. The van der Waals surface area contributed by atoms with Crippen molar-refractivity contribution in [3.8, 4) is 11.4 Å². The van der Waals surface area contributed by atoms with Crippen LogP contribution in [0.4, 0.5) is 10.2 Å². The van der Waals surface area contributed by atoms with E-state index in [1.807, 2.05) is 4.90 Å². The highest BCUT2D eigenvalue weighted by molar-refractivity contribution is 5.55. The summed E-state index contributed by atoms with van der Waals surface area (Å²) in [5.74, 6) is 0.375. The second-order valence-corrected chi connectivity index (χ2v) is 3.95. The second kappa shape index (κ2) is 4.69. The molecule has 94 valence electrons. The molecule has 0 bridgehead atoms. The Balaban J connectivity index is 1.95. The van der Waals surface area contributed by atoms with E-state index >= 15 is 0 Å². The first kappa shape index (κ1) is 11.1. The van der Waals surface area contributed by atoms with E-state index in [1.165, 1.54) is 6.20 Å². The third-order valence-corrected chi connectivity index (χ3v) is 2.79. The van der Waals surface area contributed by atoms with Crippen molar-refractivity contribution in [2.75, 3.05) is 31.2 Å². The van der Waals surface area contributed by atoms with Gasteiger partial charge in [-0.1, -0.05) is 0 Å². The van der Waals surface area contributed by atoms with E-state index in [0.717, 1.165) is 5.56 Å². The summed E-state index contributed by atoms with van der Waals surface area (Å²) in [4.78, 5) is 10.1. The number of ether oxygens (including phenoxy) is 1. The Bertz CT molecular complexity index is 524. The van der Waals surface area contributed by atoms with E-state index in [0.29, 0.717) is 37.9 Å². The Hall–Kier alpha value is -2.02. The van der Waals surface area contributed by atoms with Crippen molar-refractivity contribution in [1.82, 2.24) is 20.2 Å². The molecule has 0 spiro atoms. The fraction of sp³-hybridized carbons (Fsp3) is 0.364. The molecule has 0 aliphatic carbocycles. The number of rotatable bonds is 2. The standard InChI is InChI=1S/C11H12FN5O/c12-9-7-13-10(8-5-14-15-6-8)16-11(9)17-1-3-18-4-2-17/h5-7H,1-4H2,(H,14,15). The highest BCUT2D eigenvalue weighted by atomic mass is 19.1. The lowest BCUT2D eigenvalue weighted by Crippen LogP contribution is -2.37. The van der Waals surface area contributed by atoms with E-state index < -0.39 is 5.82 Å². The van der Waals surface area contributed by atoms with Gasteiger partial charge in [-0.2, -0.15) is 5.10 Å². The molecule has 0 aromatic carbocycles. The van der Waals surface area contributed by atoms with Gasteiger partial charge in [0.05, 0.1) is 31.2 Å². The van der Waals surface area contributed by atoms with Crippen LogP contribution in [0.25, 0.3) is 11.4 Å². The predicted molar refractivity (Wildman–Crippen MR) is 62.6 cm³/mol. The maximum absolute atomic E-state index is 13.8. The highest BCUT2D eigenvalue weighted by Gasteiger charge is 2.18. The quantitative estimate of drug-likeness (QED) is 0.854. The Morgan fingerprint density at radius 2 is 2.11 bits per heavy atom. The van der Waals surface area contributed by atoms with Gasteiger partial charge in [0.2, 0.25) is 0 Å². The van der Waals surface area contributed by atoms with Crippen molar-refractivity contribution in [2.45, 2.75) is 0 Å². The van der Waals surface area contributed by atoms with Crippen LogP contribution in [0, 0.1) is 5.82 Å². The molecule has 7 heteroatoms. The minimum atomic E-state index is -0.413. The van der Waals surface area contributed by atoms with E-state index in [1.54, 1.807) is 12.4 Å². The summed E-state index contributed by atoms with van der Waals surface area (Å²) >= 11 is 0. The van der Waals surface area contributed by atoms with Crippen LogP contribution in [-0.2, 0) is 4.74 Å². The number of aromatic nitrogens is 4. The van der Waals surface area contributed by atoms with E-state index in [4.69, 9.17) is 4.74 Å². The molecule has 1 aliphatic rings. The topological polar surface area (TPSA) is 66.9 Å². The Kier molecular flexibility index (Phi) is 2.89. The van der Waals surface area contributed by atoms with E-state index in [2.05, 4.69) is 20.2 Å². The lowest BCUT2D eigenvalue weighted by atomic mass is 10.3. The van der Waals surface area contributed by atoms with Gasteiger partial charge < -0.3 is 9.64 Å². The molecule has 1 saturated heterocycles. The minimum Gasteiger partial charge on any atom is -0.378 e. The molecule has 0 radical (unpaired) electrons. The lowest BCUT2D eigenvalue weighted by Gasteiger charge is -2.28. The largest absolute Gasteiger partial charge is 0.378 e. The molecule has 0 amide bonds. The summed E-state index contributed by atoms with van der Waals surface area (Å²) in [5, 5.41) is 6.52. The first-order valence-electron chi connectivity index (χ1n) is 5.69. The van der Waals surface area contributed by atoms with Crippen LogP contribution in [0.15, 0.2) is 18.6 Å². The van der Waals surface area contributed by atoms with Crippen molar-refractivity contribution < 1.29 is 9.13 Å². The van der Waals surface area contributed by atoms with Crippen molar-refractivity contribution in [1.29, 1.82) is 0 Å². The normalized spacial score (nSPS) is 15.9. The van der Waals surface area contributed by atoms with Gasteiger partial charge in [0.15, 0.2) is 17.5 Å². The summed E-state index contributed by atoms with van der Waals surface area (Å²) in [5.41, 5.74) is 0.740. The second-order valence-electron chi connectivity index (χ2n) is 3.95. The molecule has 0 saturated carbocycles.